The SMILES string of the molecule is ClCC(I)C(CCl)OCc1ccccc1. The Labute approximate surface area is 114 Å². The lowest BCUT2D eigenvalue weighted by atomic mass is 10.2. The van der Waals surface area contributed by atoms with Gasteiger partial charge in [0.15, 0.2) is 0 Å². The third kappa shape index (κ3) is 4.89. The van der Waals surface area contributed by atoms with Crippen LogP contribution < -0.4 is 0 Å². The molecule has 0 N–H and O–H groups in total. The first-order chi connectivity index (χ1) is 7.27. The Hall–Kier alpha value is 0.490. The second-order valence-electron chi connectivity index (χ2n) is 3.16. The molecule has 1 rings (SSSR count). The summed E-state index contributed by atoms with van der Waals surface area (Å²) in [5, 5.41) is 0. The van der Waals surface area contributed by atoms with E-state index in [1.165, 1.54) is 0 Å². The molecule has 0 saturated carbocycles. The van der Waals surface area contributed by atoms with Crippen LogP contribution in [-0.4, -0.2) is 21.8 Å². The highest BCUT2D eigenvalue weighted by Gasteiger charge is 2.17. The molecular formula is C11H13Cl2IO. The Morgan fingerprint density at radius 3 is 2.33 bits per heavy atom. The molecule has 1 aromatic rings. The lowest BCUT2D eigenvalue weighted by Gasteiger charge is -2.19. The van der Waals surface area contributed by atoms with E-state index in [-0.39, 0.29) is 10.0 Å². The summed E-state index contributed by atoms with van der Waals surface area (Å²) < 4.78 is 5.96. The fourth-order valence-corrected chi connectivity index (χ4v) is 2.39. The largest absolute Gasteiger partial charge is 0.371 e. The summed E-state index contributed by atoms with van der Waals surface area (Å²) in [6.45, 7) is 0.592. The molecule has 1 aromatic carbocycles. The van der Waals surface area contributed by atoms with Gasteiger partial charge in [-0.25, -0.2) is 0 Å². The number of halogens is 3. The summed E-state index contributed by atoms with van der Waals surface area (Å²) >= 11 is 13.8. The lowest BCUT2D eigenvalue weighted by Crippen LogP contribution is -2.27. The number of rotatable bonds is 6. The molecule has 2 atom stereocenters. The summed E-state index contributed by atoms with van der Waals surface area (Å²) in [6, 6.07) is 10.1. The van der Waals surface area contributed by atoms with Crippen LogP contribution in [0.1, 0.15) is 5.56 Å². The minimum absolute atomic E-state index is 0.0185. The minimum atomic E-state index is 0.0185. The van der Waals surface area contributed by atoms with Crippen molar-refractivity contribution in [1.82, 2.24) is 0 Å². The second-order valence-corrected chi connectivity index (χ2v) is 5.38. The van der Waals surface area contributed by atoms with Gasteiger partial charge >= 0.3 is 0 Å². The molecule has 2 unspecified atom stereocenters. The van der Waals surface area contributed by atoms with Gasteiger partial charge in [-0.05, 0) is 5.56 Å². The maximum atomic E-state index is 5.82. The molecule has 0 saturated heterocycles. The van der Waals surface area contributed by atoms with Gasteiger partial charge in [0.25, 0.3) is 0 Å². The third-order valence-corrected chi connectivity index (χ3v) is 4.41. The van der Waals surface area contributed by atoms with E-state index in [0.29, 0.717) is 18.4 Å². The maximum Gasteiger partial charge on any atom is 0.0843 e. The molecule has 0 aliphatic heterocycles. The van der Waals surface area contributed by atoms with Crippen molar-refractivity contribution < 1.29 is 4.74 Å². The van der Waals surface area contributed by atoms with E-state index in [4.69, 9.17) is 27.9 Å². The van der Waals surface area contributed by atoms with Crippen molar-refractivity contribution in [3.05, 3.63) is 35.9 Å². The van der Waals surface area contributed by atoms with Crippen LogP contribution in [0.25, 0.3) is 0 Å². The van der Waals surface area contributed by atoms with Gasteiger partial charge < -0.3 is 4.74 Å². The quantitative estimate of drug-likeness (QED) is 0.554. The van der Waals surface area contributed by atoms with E-state index in [2.05, 4.69) is 22.6 Å². The molecule has 0 spiro atoms. The summed E-state index contributed by atoms with van der Waals surface area (Å²) in [5.41, 5.74) is 1.16. The van der Waals surface area contributed by atoms with Crippen molar-refractivity contribution in [1.29, 1.82) is 0 Å². The van der Waals surface area contributed by atoms with Crippen LogP contribution in [0, 0.1) is 0 Å². The van der Waals surface area contributed by atoms with E-state index < -0.39 is 0 Å². The number of alkyl halides is 3. The van der Waals surface area contributed by atoms with E-state index >= 15 is 0 Å². The molecule has 15 heavy (non-hydrogen) atoms. The molecule has 1 nitrogen and oxygen atoms in total. The maximum absolute atomic E-state index is 5.82. The monoisotopic (exact) mass is 358 g/mol. The molecule has 0 aliphatic rings. The Kier molecular flexibility index (Phi) is 6.97. The van der Waals surface area contributed by atoms with Crippen LogP contribution in [0.15, 0.2) is 30.3 Å². The standard InChI is InChI=1S/C11H13Cl2IO/c12-6-10(14)11(7-13)15-8-9-4-2-1-3-5-9/h1-5,10-11H,6-8H2. The summed E-state index contributed by atoms with van der Waals surface area (Å²) in [4.78, 5) is 0. The summed E-state index contributed by atoms with van der Waals surface area (Å²) in [5.74, 6) is 1.04. The van der Waals surface area contributed by atoms with Crippen LogP contribution in [-0.2, 0) is 11.3 Å². The van der Waals surface area contributed by atoms with Crippen molar-refractivity contribution >= 4 is 45.8 Å². The highest BCUT2D eigenvalue weighted by Crippen LogP contribution is 2.15. The van der Waals surface area contributed by atoms with Crippen LogP contribution in [0.5, 0.6) is 0 Å². The average molecular weight is 359 g/mol. The zero-order valence-corrected chi connectivity index (χ0v) is 11.9. The van der Waals surface area contributed by atoms with Gasteiger partial charge in [-0.3, -0.25) is 0 Å². The van der Waals surface area contributed by atoms with E-state index in [0.717, 1.165) is 5.56 Å². The molecule has 0 aliphatic carbocycles. The van der Waals surface area contributed by atoms with Crippen LogP contribution in [0.2, 0.25) is 0 Å². The molecule has 4 heteroatoms. The average Bonchev–Trinajstić information content (AvgIpc) is 2.31. The first-order valence-corrected chi connectivity index (χ1v) is 7.01. The Balaban J connectivity index is 2.41. The summed E-state index contributed by atoms with van der Waals surface area (Å²) in [6.07, 6.45) is 0.0185. The molecule has 0 amide bonds. The smallest absolute Gasteiger partial charge is 0.0843 e. The van der Waals surface area contributed by atoms with Crippen molar-refractivity contribution in [3.8, 4) is 0 Å². The summed E-state index contributed by atoms with van der Waals surface area (Å²) in [7, 11) is 0. The minimum Gasteiger partial charge on any atom is -0.371 e. The third-order valence-electron chi connectivity index (χ3n) is 2.01. The molecule has 0 radical (unpaired) electrons. The van der Waals surface area contributed by atoms with E-state index in [1.807, 2.05) is 30.3 Å². The molecule has 84 valence electrons. The number of ether oxygens (including phenoxy) is 1. The molecule has 0 aromatic heterocycles. The van der Waals surface area contributed by atoms with Crippen LogP contribution in [0.3, 0.4) is 0 Å². The first kappa shape index (κ1) is 13.6. The number of benzene rings is 1. The molecule has 0 bridgehead atoms. The topological polar surface area (TPSA) is 9.23 Å². The second kappa shape index (κ2) is 7.71. The van der Waals surface area contributed by atoms with Crippen molar-refractivity contribution in [3.63, 3.8) is 0 Å². The van der Waals surface area contributed by atoms with Gasteiger partial charge in [-0.15, -0.1) is 23.2 Å². The van der Waals surface area contributed by atoms with E-state index in [9.17, 15) is 0 Å². The van der Waals surface area contributed by atoms with Crippen LogP contribution in [0.4, 0.5) is 0 Å². The van der Waals surface area contributed by atoms with Crippen molar-refractivity contribution in [2.45, 2.75) is 16.6 Å². The molecule has 0 fully saturated rings. The van der Waals surface area contributed by atoms with Crippen molar-refractivity contribution in [2.24, 2.45) is 0 Å². The zero-order valence-electron chi connectivity index (χ0n) is 8.20. The Bertz CT molecular complexity index is 269. The van der Waals surface area contributed by atoms with Gasteiger partial charge in [0.2, 0.25) is 0 Å². The van der Waals surface area contributed by atoms with Crippen LogP contribution >= 0.6 is 45.8 Å². The highest BCUT2D eigenvalue weighted by molar-refractivity contribution is 14.1. The van der Waals surface area contributed by atoms with Gasteiger partial charge in [0.1, 0.15) is 0 Å². The highest BCUT2D eigenvalue weighted by atomic mass is 127. The van der Waals surface area contributed by atoms with Crippen molar-refractivity contribution in [2.75, 3.05) is 11.8 Å². The normalized spacial score (nSPS) is 14.9. The van der Waals surface area contributed by atoms with Gasteiger partial charge in [0.05, 0.1) is 16.6 Å². The van der Waals surface area contributed by atoms with Gasteiger partial charge in [-0.2, -0.15) is 0 Å². The van der Waals surface area contributed by atoms with Gasteiger partial charge in [0, 0.05) is 11.8 Å². The molecule has 0 heterocycles. The first-order valence-electron chi connectivity index (χ1n) is 4.69. The fraction of sp³-hybridized carbons (Fsp3) is 0.455. The molecular weight excluding hydrogens is 346 g/mol. The number of hydrogen-bond acceptors (Lipinski definition) is 1. The number of hydrogen-bond donors (Lipinski definition) is 0. The predicted octanol–water partition coefficient (Wildman–Crippen LogP) is 3.85. The van der Waals surface area contributed by atoms with E-state index in [1.54, 1.807) is 0 Å². The Morgan fingerprint density at radius 1 is 1.13 bits per heavy atom. The Morgan fingerprint density at radius 2 is 1.80 bits per heavy atom. The van der Waals surface area contributed by atoms with Gasteiger partial charge in [-0.1, -0.05) is 52.9 Å². The fourth-order valence-electron chi connectivity index (χ4n) is 1.12. The predicted molar refractivity (Wildman–Crippen MR) is 74.3 cm³/mol. The zero-order chi connectivity index (χ0) is 11.1. The lowest BCUT2D eigenvalue weighted by molar-refractivity contribution is 0.0599.